The molecule has 0 saturated heterocycles. The Morgan fingerprint density at radius 2 is 1.50 bits per heavy atom. The maximum Gasteiger partial charge on any atom is 0.0591 e. The molecule has 0 fully saturated rings. The largest absolute Gasteiger partial charge is 0.379 e. The Bertz CT molecular complexity index is 178. The third-order valence-electron chi connectivity index (χ3n) is 2.36. The fourth-order valence-electron chi connectivity index (χ4n) is 1.43. The highest BCUT2D eigenvalue weighted by molar-refractivity contribution is 4.64. The lowest BCUT2D eigenvalue weighted by Gasteiger charge is -2.18. The van der Waals surface area contributed by atoms with Crippen LogP contribution in [-0.2, 0) is 4.74 Å². The van der Waals surface area contributed by atoms with E-state index in [4.69, 9.17) is 4.74 Å². The molecule has 18 heavy (non-hydrogen) atoms. The second-order valence-corrected chi connectivity index (χ2v) is 6.21. The summed E-state index contributed by atoms with van der Waals surface area (Å²) in [6, 6.07) is 0.567. The Kier molecular flexibility index (Phi) is 10.6. The molecule has 4 nitrogen and oxygen atoms in total. The van der Waals surface area contributed by atoms with Crippen molar-refractivity contribution >= 4 is 0 Å². The average molecular weight is 259 g/mol. The minimum atomic E-state index is 0.352. The van der Waals surface area contributed by atoms with Gasteiger partial charge in [-0.15, -0.1) is 0 Å². The first-order valence-electron chi connectivity index (χ1n) is 7.14. The van der Waals surface area contributed by atoms with Gasteiger partial charge in [0.2, 0.25) is 0 Å². The Morgan fingerprint density at radius 1 is 0.889 bits per heavy atom. The molecule has 3 N–H and O–H groups in total. The van der Waals surface area contributed by atoms with E-state index in [-0.39, 0.29) is 0 Å². The van der Waals surface area contributed by atoms with Gasteiger partial charge in [0.05, 0.1) is 13.2 Å². The van der Waals surface area contributed by atoms with Crippen molar-refractivity contribution in [2.45, 2.75) is 40.7 Å². The molecular weight excluding hydrogens is 226 g/mol. The molecule has 0 saturated carbocycles. The van der Waals surface area contributed by atoms with Gasteiger partial charge in [-0.2, -0.15) is 0 Å². The van der Waals surface area contributed by atoms with Gasteiger partial charge in [-0.05, 0) is 5.41 Å². The molecule has 0 aliphatic heterocycles. The maximum absolute atomic E-state index is 5.53. The predicted octanol–water partition coefficient (Wildman–Crippen LogP) is 1.23. The first kappa shape index (κ1) is 17.8. The van der Waals surface area contributed by atoms with E-state index in [2.05, 4.69) is 50.6 Å². The molecule has 110 valence electrons. The molecule has 0 aliphatic carbocycles. The van der Waals surface area contributed by atoms with Gasteiger partial charge >= 0.3 is 0 Å². The van der Waals surface area contributed by atoms with Crippen molar-refractivity contribution in [3.8, 4) is 0 Å². The zero-order valence-electron chi connectivity index (χ0n) is 12.9. The normalized spacial score (nSPS) is 12.3. The van der Waals surface area contributed by atoms with Crippen molar-refractivity contribution in [2.75, 3.05) is 45.9 Å². The molecular formula is C14H33N3O. The summed E-state index contributed by atoms with van der Waals surface area (Å²) >= 11 is 0. The molecule has 0 radical (unpaired) electrons. The number of rotatable bonds is 11. The molecule has 0 amide bonds. The van der Waals surface area contributed by atoms with Crippen LogP contribution in [0.2, 0.25) is 0 Å². The van der Waals surface area contributed by atoms with E-state index < -0.39 is 0 Å². The fraction of sp³-hybridized carbons (Fsp3) is 1.00. The van der Waals surface area contributed by atoms with Crippen LogP contribution < -0.4 is 16.0 Å². The van der Waals surface area contributed by atoms with Crippen molar-refractivity contribution in [3.63, 3.8) is 0 Å². The maximum atomic E-state index is 5.53. The van der Waals surface area contributed by atoms with Crippen molar-refractivity contribution in [3.05, 3.63) is 0 Å². The highest BCUT2D eigenvalue weighted by Gasteiger charge is 2.07. The number of hydrogen-bond acceptors (Lipinski definition) is 4. The second kappa shape index (κ2) is 10.7. The molecule has 0 aromatic rings. The van der Waals surface area contributed by atoms with Gasteiger partial charge < -0.3 is 20.7 Å². The van der Waals surface area contributed by atoms with Crippen LogP contribution in [0.1, 0.15) is 34.6 Å². The zero-order chi connectivity index (χ0) is 13.9. The lowest BCUT2D eigenvalue weighted by atomic mass is 9.97. The summed E-state index contributed by atoms with van der Waals surface area (Å²) in [5.74, 6) is 0. The monoisotopic (exact) mass is 259 g/mol. The second-order valence-electron chi connectivity index (χ2n) is 6.21. The van der Waals surface area contributed by atoms with Crippen molar-refractivity contribution in [2.24, 2.45) is 5.41 Å². The minimum absolute atomic E-state index is 0.352. The van der Waals surface area contributed by atoms with E-state index in [1.54, 1.807) is 0 Å². The number of ether oxygens (including phenoxy) is 1. The van der Waals surface area contributed by atoms with Crippen LogP contribution in [0.25, 0.3) is 0 Å². The summed E-state index contributed by atoms with van der Waals surface area (Å²) in [7, 11) is 0. The molecule has 4 heteroatoms. The van der Waals surface area contributed by atoms with Gasteiger partial charge in [-0.1, -0.05) is 34.6 Å². The van der Waals surface area contributed by atoms with Crippen LogP contribution in [0, 0.1) is 5.41 Å². The van der Waals surface area contributed by atoms with Crippen LogP contribution in [0.5, 0.6) is 0 Å². The molecule has 0 rings (SSSR count). The Labute approximate surface area is 113 Å². The standard InChI is InChI=1S/C14H33N3O/c1-13(2)17-7-6-15-8-10-18-11-9-16-12-14(3,4)5/h13,15-17H,6-12H2,1-5H3. The first-order valence-corrected chi connectivity index (χ1v) is 7.14. The molecule has 0 atom stereocenters. The van der Waals surface area contributed by atoms with Gasteiger partial charge in [0.25, 0.3) is 0 Å². The quantitative estimate of drug-likeness (QED) is 0.488. The van der Waals surface area contributed by atoms with Crippen LogP contribution in [0.15, 0.2) is 0 Å². The molecule has 0 heterocycles. The van der Waals surface area contributed by atoms with Crippen molar-refractivity contribution in [1.82, 2.24) is 16.0 Å². The van der Waals surface area contributed by atoms with Crippen LogP contribution in [0.4, 0.5) is 0 Å². The van der Waals surface area contributed by atoms with Gasteiger partial charge in [0.15, 0.2) is 0 Å². The van der Waals surface area contributed by atoms with Crippen molar-refractivity contribution < 1.29 is 4.74 Å². The number of hydrogen-bond donors (Lipinski definition) is 3. The molecule has 0 unspecified atom stereocenters. The Balaban J connectivity index is 3.04. The van der Waals surface area contributed by atoms with E-state index in [9.17, 15) is 0 Å². The van der Waals surface area contributed by atoms with Gasteiger partial charge in [0, 0.05) is 38.8 Å². The van der Waals surface area contributed by atoms with E-state index >= 15 is 0 Å². The van der Waals surface area contributed by atoms with E-state index in [0.29, 0.717) is 11.5 Å². The molecule has 0 aromatic carbocycles. The highest BCUT2D eigenvalue weighted by Crippen LogP contribution is 2.09. The Hall–Kier alpha value is -0.160. The average Bonchev–Trinajstić information content (AvgIpc) is 2.24. The van der Waals surface area contributed by atoms with Gasteiger partial charge in [-0.3, -0.25) is 0 Å². The number of nitrogens with one attached hydrogen (secondary N) is 3. The molecule has 0 aliphatic rings. The van der Waals surface area contributed by atoms with Crippen LogP contribution >= 0.6 is 0 Å². The van der Waals surface area contributed by atoms with E-state index in [1.165, 1.54) is 0 Å². The molecule has 0 bridgehead atoms. The SMILES string of the molecule is CC(C)NCCNCCOCCNCC(C)(C)C. The summed E-state index contributed by atoms with van der Waals surface area (Å²) in [5.41, 5.74) is 0.352. The minimum Gasteiger partial charge on any atom is -0.379 e. The first-order chi connectivity index (χ1) is 8.42. The highest BCUT2D eigenvalue weighted by atomic mass is 16.5. The van der Waals surface area contributed by atoms with Gasteiger partial charge in [-0.25, -0.2) is 0 Å². The molecule has 0 aromatic heterocycles. The smallest absolute Gasteiger partial charge is 0.0591 e. The summed E-state index contributed by atoms with van der Waals surface area (Å²) in [5, 5.41) is 10.1. The van der Waals surface area contributed by atoms with Gasteiger partial charge in [0.1, 0.15) is 0 Å². The summed E-state index contributed by atoms with van der Waals surface area (Å²) < 4.78 is 5.53. The Morgan fingerprint density at radius 3 is 2.06 bits per heavy atom. The summed E-state index contributed by atoms with van der Waals surface area (Å²) in [4.78, 5) is 0. The molecule has 0 spiro atoms. The van der Waals surface area contributed by atoms with Crippen molar-refractivity contribution in [1.29, 1.82) is 0 Å². The topological polar surface area (TPSA) is 45.3 Å². The lowest BCUT2D eigenvalue weighted by molar-refractivity contribution is 0.136. The fourth-order valence-corrected chi connectivity index (χ4v) is 1.43. The third-order valence-corrected chi connectivity index (χ3v) is 2.36. The summed E-state index contributed by atoms with van der Waals surface area (Å²) in [6.45, 7) is 17.5. The van der Waals surface area contributed by atoms with E-state index in [0.717, 1.165) is 45.9 Å². The van der Waals surface area contributed by atoms with Crippen LogP contribution in [0.3, 0.4) is 0 Å². The lowest BCUT2D eigenvalue weighted by Crippen LogP contribution is -2.33. The van der Waals surface area contributed by atoms with Crippen LogP contribution in [-0.4, -0.2) is 52.0 Å². The summed E-state index contributed by atoms with van der Waals surface area (Å²) in [6.07, 6.45) is 0. The predicted molar refractivity (Wildman–Crippen MR) is 79.2 cm³/mol. The third kappa shape index (κ3) is 15.8. The van der Waals surface area contributed by atoms with E-state index in [1.807, 2.05) is 0 Å². The zero-order valence-corrected chi connectivity index (χ0v) is 12.9.